The molecule has 1 N–H and O–H groups in total. The Kier molecular flexibility index (Phi) is 3.97. The molecule has 0 amide bonds. The predicted octanol–water partition coefficient (Wildman–Crippen LogP) is 2.30. The SMILES string of the molecule is CN(Cc1ccccn1)C1(C(=O)O)CCCCC1. The molecule has 1 fully saturated rings. The fraction of sp³-hybridized carbons (Fsp3) is 0.571. The molecule has 0 aliphatic heterocycles. The highest BCUT2D eigenvalue weighted by Gasteiger charge is 2.43. The van der Waals surface area contributed by atoms with E-state index in [0.717, 1.165) is 37.8 Å². The molecular weight excluding hydrogens is 228 g/mol. The molecule has 0 radical (unpaired) electrons. The molecule has 1 aliphatic carbocycles. The molecule has 0 unspecified atom stereocenters. The van der Waals surface area contributed by atoms with Crippen LogP contribution in [0.4, 0.5) is 0 Å². The average molecular weight is 248 g/mol. The first-order valence-corrected chi connectivity index (χ1v) is 6.50. The number of nitrogens with zero attached hydrogens (tertiary/aromatic N) is 2. The minimum absolute atomic E-state index is 0.590. The monoisotopic (exact) mass is 248 g/mol. The van der Waals surface area contributed by atoms with Crippen LogP contribution in [0.3, 0.4) is 0 Å². The van der Waals surface area contributed by atoms with Gasteiger partial charge in [-0.2, -0.15) is 0 Å². The molecular formula is C14H20N2O2. The zero-order chi connectivity index (χ0) is 13.0. The molecule has 18 heavy (non-hydrogen) atoms. The predicted molar refractivity (Wildman–Crippen MR) is 69.2 cm³/mol. The van der Waals surface area contributed by atoms with Crippen LogP contribution in [-0.2, 0) is 11.3 Å². The highest BCUT2D eigenvalue weighted by atomic mass is 16.4. The lowest BCUT2D eigenvalue weighted by Crippen LogP contribution is -2.53. The summed E-state index contributed by atoms with van der Waals surface area (Å²) in [5, 5.41) is 9.58. The van der Waals surface area contributed by atoms with E-state index in [1.165, 1.54) is 0 Å². The molecule has 0 spiro atoms. The zero-order valence-corrected chi connectivity index (χ0v) is 10.8. The largest absolute Gasteiger partial charge is 0.480 e. The summed E-state index contributed by atoms with van der Waals surface area (Å²) in [7, 11) is 1.90. The van der Waals surface area contributed by atoms with Crippen LogP contribution in [0.25, 0.3) is 0 Å². The van der Waals surface area contributed by atoms with Gasteiger partial charge in [-0.15, -0.1) is 0 Å². The second-order valence-electron chi connectivity index (χ2n) is 5.07. The fourth-order valence-electron chi connectivity index (χ4n) is 2.78. The molecule has 1 saturated carbocycles. The Morgan fingerprint density at radius 1 is 1.39 bits per heavy atom. The van der Waals surface area contributed by atoms with Gasteiger partial charge in [-0.3, -0.25) is 14.7 Å². The first-order valence-electron chi connectivity index (χ1n) is 6.50. The van der Waals surface area contributed by atoms with Gasteiger partial charge in [0.1, 0.15) is 5.54 Å². The van der Waals surface area contributed by atoms with E-state index in [2.05, 4.69) is 4.98 Å². The molecule has 4 nitrogen and oxygen atoms in total. The lowest BCUT2D eigenvalue weighted by molar-refractivity contribution is -0.153. The van der Waals surface area contributed by atoms with Gasteiger partial charge >= 0.3 is 5.97 Å². The Balaban J connectivity index is 2.13. The standard InChI is InChI=1S/C14H20N2O2/c1-16(11-12-7-3-6-10-15-12)14(13(17)18)8-4-2-5-9-14/h3,6-7,10H,2,4-5,8-9,11H2,1H3,(H,17,18). The number of hydrogen-bond donors (Lipinski definition) is 1. The summed E-state index contributed by atoms with van der Waals surface area (Å²) in [6.07, 6.45) is 6.37. The quantitative estimate of drug-likeness (QED) is 0.888. The van der Waals surface area contributed by atoms with Crippen molar-refractivity contribution < 1.29 is 9.90 Å². The number of aromatic nitrogens is 1. The molecule has 0 bridgehead atoms. The number of aliphatic carboxylic acids is 1. The maximum atomic E-state index is 11.6. The van der Waals surface area contributed by atoms with E-state index in [1.807, 2.05) is 30.1 Å². The summed E-state index contributed by atoms with van der Waals surface area (Å²) in [6.45, 7) is 0.590. The maximum Gasteiger partial charge on any atom is 0.324 e. The van der Waals surface area contributed by atoms with E-state index in [9.17, 15) is 9.90 Å². The van der Waals surface area contributed by atoms with Crippen molar-refractivity contribution in [2.75, 3.05) is 7.05 Å². The number of likely N-dealkylation sites (N-methyl/N-ethyl adjacent to an activating group) is 1. The van der Waals surface area contributed by atoms with E-state index >= 15 is 0 Å². The Hall–Kier alpha value is -1.42. The second-order valence-corrected chi connectivity index (χ2v) is 5.07. The third kappa shape index (κ3) is 2.53. The van der Waals surface area contributed by atoms with Gasteiger partial charge in [0.25, 0.3) is 0 Å². The lowest BCUT2D eigenvalue weighted by atomic mass is 9.80. The Bertz CT molecular complexity index is 400. The number of hydrogen-bond acceptors (Lipinski definition) is 3. The molecule has 1 aromatic heterocycles. The van der Waals surface area contributed by atoms with Crippen molar-refractivity contribution in [2.45, 2.75) is 44.2 Å². The van der Waals surface area contributed by atoms with Gasteiger partial charge in [-0.05, 0) is 32.0 Å². The van der Waals surface area contributed by atoms with E-state index in [1.54, 1.807) is 6.20 Å². The fourth-order valence-corrected chi connectivity index (χ4v) is 2.78. The van der Waals surface area contributed by atoms with E-state index < -0.39 is 11.5 Å². The highest BCUT2D eigenvalue weighted by molar-refractivity contribution is 5.78. The van der Waals surface area contributed by atoms with E-state index in [4.69, 9.17) is 0 Å². The number of carboxylic acids is 1. The van der Waals surface area contributed by atoms with Crippen LogP contribution in [0, 0.1) is 0 Å². The summed E-state index contributed by atoms with van der Waals surface area (Å²) in [5.41, 5.74) is 0.224. The van der Waals surface area contributed by atoms with Crippen LogP contribution in [0.1, 0.15) is 37.8 Å². The van der Waals surface area contributed by atoms with Gasteiger partial charge in [0, 0.05) is 12.7 Å². The van der Waals surface area contributed by atoms with Crippen LogP contribution in [0.5, 0.6) is 0 Å². The number of rotatable bonds is 4. The number of carboxylic acid groups (broad SMARTS) is 1. The van der Waals surface area contributed by atoms with Crippen molar-refractivity contribution in [3.63, 3.8) is 0 Å². The van der Waals surface area contributed by atoms with Gasteiger partial charge in [0.2, 0.25) is 0 Å². The van der Waals surface area contributed by atoms with E-state index in [0.29, 0.717) is 6.54 Å². The lowest BCUT2D eigenvalue weighted by Gasteiger charge is -2.40. The topological polar surface area (TPSA) is 53.4 Å². The van der Waals surface area contributed by atoms with Crippen LogP contribution < -0.4 is 0 Å². The van der Waals surface area contributed by atoms with Crippen LogP contribution in [0.15, 0.2) is 24.4 Å². The van der Waals surface area contributed by atoms with E-state index in [-0.39, 0.29) is 0 Å². The minimum atomic E-state index is -0.699. The van der Waals surface area contributed by atoms with Crippen molar-refractivity contribution in [1.29, 1.82) is 0 Å². The third-order valence-electron chi connectivity index (χ3n) is 3.93. The zero-order valence-electron chi connectivity index (χ0n) is 10.8. The normalized spacial score (nSPS) is 18.8. The van der Waals surface area contributed by atoms with Crippen molar-refractivity contribution in [2.24, 2.45) is 0 Å². The Morgan fingerprint density at radius 2 is 2.11 bits per heavy atom. The van der Waals surface area contributed by atoms with Gasteiger partial charge in [-0.1, -0.05) is 25.3 Å². The molecule has 98 valence electrons. The molecule has 1 aliphatic rings. The number of carbonyl (C=O) groups is 1. The summed E-state index contributed by atoms with van der Waals surface area (Å²) < 4.78 is 0. The van der Waals surface area contributed by atoms with Crippen molar-refractivity contribution in [1.82, 2.24) is 9.88 Å². The molecule has 0 atom stereocenters. The van der Waals surface area contributed by atoms with Crippen LogP contribution >= 0.6 is 0 Å². The summed E-state index contributed by atoms with van der Waals surface area (Å²) in [4.78, 5) is 17.9. The molecule has 1 aromatic rings. The molecule has 0 aromatic carbocycles. The third-order valence-corrected chi connectivity index (χ3v) is 3.93. The van der Waals surface area contributed by atoms with Gasteiger partial charge in [0.05, 0.1) is 5.69 Å². The van der Waals surface area contributed by atoms with Crippen LogP contribution in [-0.4, -0.2) is 33.5 Å². The molecule has 1 heterocycles. The van der Waals surface area contributed by atoms with Crippen molar-refractivity contribution in [3.05, 3.63) is 30.1 Å². The summed E-state index contributed by atoms with van der Waals surface area (Å²) in [6, 6.07) is 5.75. The summed E-state index contributed by atoms with van der Waals surface area (Å²) >= 11 is 0. The Labute approximate surface area is 108 Å². The second kappa shape index (κ2) is 5.48. The maximum absolute atomic E-state index is 11.6. The minimum Gasteiger partial charge on any atom is -0.480 e. The first kappa shape index (κ1) is 13.0. The highest BCUT2D eigenvalue weighted by Crippen LogP contribution is 2.33. The van der Waals surface area contributed by atoms with Crippen molar-refractivity contribution in [3.8, 4) is 0 Å². The van der Waals surface area contributed by atoms with Gasteiger partial charge in [0.15, 0.2) is 0 Å². The van der Waals surface area contributed by atoms with Gasteiger partial charge in [-0.25, -0.2) is 0 Å². The number of pyridine rings is 1. The van der Waals surface area contributed by atoms with Crippen molar-refractivity contribution >= 4 is 5.97 Å². The molecule has 4 heteroatoms. The van der Waals surface area contributed by atoms with Gasteiger partial charge < -0.3 is 5.11 Å². The average Bonchev–Trinajstić information content (AvgIpc) is 2.40. The first-order chi connectivity index (χ1) is 8.65. The smallest absolute Gasteiger partial charge is 0.324 e. The molecule has 0 saturated heterocycles. The summed E-state index contributed by atoms with van der Waals surface area (Å²) in [5.74, 6) is -0.694. The Morgan fingerprint density at radius 3 is 2.67 bits per heavy atom. The van der Waals surface area contributed by atoms with Crippen LogP contribution in [0.2, 0.25) is 0 Å². The molecule has 2 rings (SSSR count).